The molecule has 0 atom stereocenters. The van der Waals surface area contributed by atoms with E-state index in [1.807, 2.05) is 0 Å². The van der Waals surface area contributed by atoms with Gasteiger partial charge in [0.1, 0.15) is 0 Å². The minimum Gasteiger partial charge on any atom is -0.759 e. The Morgan fingerprint density at radius 2 is 0.471 bits per heavy atom. The Morgan fingerprint density at radius 1 is 0.471 bits per heavy atom. The standard InChI is InChI=1S/H3N.Nb.3H2O4S/c;;3*1-5(2,3)4/h1H3;;3*(H2,1,2,3,4)/q;+5;;;/p-5. The van der Waals surface area contributed by atoms with E-state index in [0.717, 1.165) is 0 Å². The first-order valence-electron chi connectivity index (χ1n) is 2.00. The zero-order chi connectivity index (χ0) is 13.5. The Bertz CT molecular complexity index is 343. The molecule has 0 saturated heterocycles. The second-order valence-electron chi connectivity index (χ2n) is 1.22. The summed E-state index contributed by atoms with van der Waals surface area (Å²) in [6.07, 6.45) is 0. The molecule has 0 spiro atoms. The predicted molar refractivity (Wildman–Crippen MR) is 37.4 cm³/mol. The summed E-state index contributed by atoms with van der Waals surface area (Å²) in [4.78, 5) is 0. The molecule has 0 aliphatic carbocycles. The molecule has 13 nitrogen and oxygen atoms in total. The van der Waals surface area contributed by atoms with Crippen molar-refractivity contribution in [2.24, 2.45) is 0 Å². The third kappa shape index (κ3) is 34700. The Balaban J connectivity index is -0.0000000400. The van der Waals surface area contributed by atoms with Gasteiger partial charge in [-0.3, -0.25) is 25.3 Å². The Kier molecular flexibility index (Phi) is 20.4. The number of hydrogen-bond acceptors (Lipinski definition) is 12. The molecule has 0 radical (unpaired) electrons. The van der Waals surface area contributed by atoms with E-state index >= 15 is 0 Å². The molecule has 0 saturated carbocycles. The van der Waals surface area contributed by atoms with Crippen LogP contribution in [0.25, 0.3) is 0 Å². The first-order valence-corrected chi connectivity index (χ1v) is 6.00. The number of hydrogen-bond donors (Lipinski definition) is 1. The van der Waals surface area contributed by atoms with Crippen molar-refractivity contribution in [1.29, 1.82) is 0 Å². The van der Waals surface area contributed by atoms with Crippen molar-refractivity contribution >= 4 is 31.2 Å². The van der Waals surface area contributed by atoms with Crippen LogP contribution in [0, 0.1) is 0 Å². The van der Waals surface area contributed by atoms with E-state index in [1.165, 1.54) is 0 Å². The van der Waals surface area contributed by atoms with E-state index in [-0.39, 0.29) is 28.5 Å². The molecule has 0 unspecified atom stereocenters. The summed E-state index contributed by atoms with van der Waals surface area (Å²) in [5.74, 6) is 0. The molecule has 0 heterocycles. The van der Waals surface area contributed by atoms with Gasteiger partial charge < -0.3 is 33.5 Å². The van der Waals surface area contributed by atoms with E-state index in [9.17, 15) is 0 Å². The molecule has 0 bridgehead atoms. The Morgan fingerprint density at radius 3 is 0.471 bits per heavy atom. The summed E-state index contributed by atoms with van der Waals surface area (Å²) in [6, 6.07) is 0. The van der Waals surface area contributed by atoms with Gasteiger partial charge in [-0.2, -0.15) is 0 Å². The molecular weight excluding hydrogens is 395 g/mol. The van der Waals surface area contributed by atoms with E-state index in [0.29, 0.717) is 0 Å². The van der Waals surface area contributed by atoms with Crippen molar-refractivity contribution < 1.29 is 75.0 Å². The predicted octanol–water partition coefficient (Wildman–Crippen LogP) is -3.64. The summed E-state index contributed by atoms with van der Waals surface area (Å²) in [7, 11) is -15.5. The van der Waals surface area contributed by atoms with Crippen LogP contribution >= 0.6 is 0 Å². The van der Waals surface area contributed by atoms with E-state index in [2.05, 4.69) is 0 Å². The Labute approximate surface area is 112 Å². The Hall–Kier alpha value is 0.310. The third-order valence-electron chi connectivity index (χ3n) is 0. The van der Waals surface area contributed by atoms with Gasteiger partial charge in [-0.25, -0.2) is 0 Å². The topological polar surface area (TPSA) is 277 Å². The van der Waals surface area contributed by atoms with Crippen molar-refractivity contribution in [3.8, 4) is 0 Å². The molecule has 0 aliphatic heterocycles. The largest absolute Gasteiger partial charge is 5.00 e. The van der Waals surface area contributed by atoms with Crippen molar-refractivity contribution in [3.05, 3.63) is 0 Å². The van der Waals surface area contributed by atoms with Gasteiger partial charge in [0.15, 0.2) is 0 Å². The summed E-state index contributed by atoms with van der Waals surface area (Å²) in [5.41, 5.74) is 0. The molecule has 17 heavy (non-hydrogen) atoms. The van der Waals surface area contributed by atoms with Gasteiger partial charge in [0.25, 0.3) is 0 Å². The minimum atomic E-state index is -5.17. The monoisotopic (exact) mass is 399 g/mol. The molecule has 0 aliphatic rings. The molecule has 0 aromatic rings. The van der Waals surface area contributed by atoms with Crippen LogP contribution in [-0.2, 0) is 53.6 Å². The van der Waals surface area contributed by atoms with Gasteiger partial charge in [-0.15, -0.1) is 0 Å². The SMILES string of the molecule is O=S(=O)([O-])[O-].O=S(=O)([O-])[O-].O=S(=O)([O-])[O-].[NH4+].[Nb+5]. The summed E-state index contributed by atoms with van der Waals surface area (Å²) >= 11 is 0. The molecule has 0 aromatic carbocycles. The normalized spacial score (nSPS) is 10.2. The smallest absolute Gasteiger partial charge is 0.759 e. The second-order valence-corrected chi connectivity index (χ2v) is 3.67. The second kappa shape index (κ2) is 11.4. The maximum Gasteiger partial charge on any atom is 5.00 e. The fraction of sp³-hybridized carbons (Fsp3) is 0. The zero-order valence-electron chi connectivity index (χ0n) is 7.57. The van der Waals surface area contributed by atoms with Crippen molar-refractivity contribution in [1.82, 2.24) is 6.15 Å². The van der Waals surface area contributed by atoms with E-state index in [4.69, 9.17) is 52.6 Å². The molecule has 0 fully saturated rings. The first-order chi connectivity index (χ1) is 6.00. The van der Waals surface area contributed by atoms with Crippen LogP contribution in [0.5, 0.6) is 0 Å². The van der Waals surface area contributed by atoms with Gasteiger partial charge in [0.2, 0.25) is 0 Å². The van der Waals surface area contributed by atoms with Gasteiger partial charge in [-0.05, 0) is 0 Å². The number of quaternary nitrogens is 1. The van der Waals surface area contributed by atoms with Crippen molar-refractivity contribution in [2.45, 2.75) is 0 Å². The van der Waals surface area contributed by atoms with E-state index < -0.39 is 31.2 Å². The average molecular weight is 399 g/mol. The van der Waals surface area contributed by atoms with Crippen LogP contribution in [0.3, 0.4) is 0 Å². The summed E-state index contributed by atoms with van der Waals surface area (Å²) < 4.78 is 102. The third-order valence-corrected chi connectivity index (χ3v) is 0. The van der Waals surface area contributed by atoms with Crippen LogP contribution in [0.2, 0.25) is 0 Å². The van der Waals surface area contributed by atoms with Crippen molar-refractivity contribution in [3.63, 3.8) is 0 Å². The molecule has 0 rings (SSSR count). The maximum absolute atomic E-state index is 8.52. The van der Waals surface area contributed by atoms with Crippen LogP contribution < -0.4 is 6.15 Å². The van der Waals surface area contributed by atoms with Crippen LogP contribution in [0.4, 0.5) is 0 Å². The quantitative estimate of drug-likeness (QED) is 0.234. The maximum atomic E-state index is 8.52. The molecule has 104 valence electrons. The minimum absolute atomic E-state index is 0. The fourth-order valence-corrected chi connectivity index (χ4v) is 0. The molecule has 0 amide bonds. The number of rotatable bonds is 0. The first kappa shape index (κ1) is 30.4. The molecular formula is H4NNbO12S3. The van der Waals surface area contributed by atoms with Crippen molar-refractivity contribution in [2.75, 3.05) is 0 Å². The van der Waals surface area contributed by atoms with Gasteiger partial charge >= 0.3 is 22.4 Å². The van der Waals surface area contributed by atoms with Gasteiger partial charge in [-0.1, -0.05) is 0 Å². The van der Waals surface area contributed by atoms with Crippen LogP contribution in [-0.4, -0.2) is 52.6 Å². The van der Waals surface area contributed by atoms with E-state index in [1.54, 1.807) is 0 Å². The zero-order valence-corrected chi connectivity index (χ0v) is 12.2. The van der Waals surface area contributed by atoms with Crippen LogP contribution in [0.15, 0.2) is 0 Å². The summed E-state index contributed by atoms with van der Waals surface area (Å²) in [5, 5.41) is 0. The van der Waals surface area contributed by atoms with Gasteiger partial charge in [0, 0.05) is 31.2 Å². The molecule has 0 aromatic heterocycles. The van der Waals surface area contributed by atoms with Crippen LogP contribution in [0.1, 0.15) is 0 Å². The molecule has 17 heteroatoms. The average Bonchev–Trinajstić information content (AvgIpc) is 1.41. The molecule has 4 N–H and O–H groups in total. The fourth-order valence-electron chi connectivity index (χ4n) is 0. The van der Waals surface area contributed by atoms with Gasteiger partial charge in [0.05, 0.1) is 0 Å². The summed E-state index contributed by atoms with van der Waals surface area (Å²) in [6.45, 7) is 0.